The number of rotatable bonds is 2. The number of anilines is 1. The van der Waals surface area contributed by atoms with Crippen LogP contribution < -0.4 is 11.1 Å². The van der Waals surface area contributed by atoms with Crippen molar-refractivity contribution in [2.24, 2.45) is 0 Å². The van der Waals surface area contributed by atoms with E-state index in [0.717, 1.165) is 17.9 Å². The zero-order valence-electron chi connectivity index (χ0n) is 7.62. The van der Waals surface area contributed by atoms with Crippen LogP contribution in [-0.2, 0) is 0 Å². The maximum atomic E-state index is 11.6. The first-order valence-corrected chi connectivity index (χ1v) is 5.60. The van der Waals surface area contributed by atoms with Gasteiger partial charge in [-0.2, -0.15) is 16.9 Å². The molecule has 2 rings (SSSR count). The molecule has 1 aromatic heterocycles. The molecule has 4 N–H and O–H groups in total. The highest BCUT2D eigenvalue weighted by Gasteiger charge is 2.19. The third kappa shape index (κ3) is 2.01. The van der Waals surface area contributed by atoms with Crippen molar-refractivity contribution < 1.29 is 4.79 Å². The van der Waals surface area contributed by atoms with Crippen molar-refractivity contribution in [3.8, 4) is 0 Å². The molecule has 14 heavy (non-hydrogen) atoms. The average molecular weight is 212 g/mol. The Labute approximate surface area is 85.8 Å². The van der Waals surface area contributed by atoms with Gasteiger partial charge in [0.1, 0.15) is 11.5 Å². The number of H-pyrrole nitrogens is 1. The van der Waals surface area contributed by atoms with E-state index < -0.39 is 0 Å². The van der Waals surface area contributed by atoms with Crippen LogP contribution in [0.3, 0.4) is 0 Å². The first-order chi connectivity index (χ1) is 6.75. The summed E-state index contributed by atoms with van der Waals surface area (Å²) in [6.07, 6.45) is 1.04. The number of aromatic amines is 1. The number of aromatic nitrogens is 2. The monoisotopic (exact) mass is 212 g/mol. The van der Waals surface area contributed by atoms with Gasteiger partial charge in [0.15, 0.2) is 0 Å². The predicted molar refractivity (Wildman–Crippen MR) is 56.2 cm³/mol. The van der Waals surface area contributed by atoms with Crippen LogP contribution in [0.5, 0.6) is 0 Å². The molecule has 76 valence electrons. The van der Waals surface area contributed by atoms with Gasteiger partial charge in [-0.05, 0) is 12.2 Å². The summed E-state index contributed by atoms with van der Waals surface area (Å²) >= 11 is 1.86. The maximum Gasteiger partial charge on any atom is 0.269 e. The Hall–Kier alpha value is -1.17. The molecule has 0 spiro atoms. The van der Waals surface area contributed by atoms with Gasteiger partial charge in [-0.3, -0.25) is 9.89 Å². The molecule has 1 atom stereocenters. The minimum Gasteiger partial charge on any atom is -0.382 e. The van der Waals surface area contributed by atoms with Gasteiger partial charge in [0.25, 0.3) is 5.91 Å². The second kappa shape index (κ2) is 3.91. The van der Waals surface area contributed by atoms with Gasteiger partial charge in [0.2, 0.25) is 0 Å². The number of nitrogens with one attached hydrogen (secondary N) is 2. The van der Waals surface area contributed by atoms with Gasteiger partial charge in [0, 0.05) is 17.9 Å². The number of hydrogen-bond acceptors (Lipinski definition) is 4. The minimum atomic E-state index is -0.123. The van der Waals surface area contributed by atoms with Crippen molar-refractivity contribution >= 4 is 23.5 Å². The van der Waals surface area contributed by atoms with Crippen molar-refractivity contribution in [1.29, 1.82) is 0 Å². The summed E-state index contributed by atoms with van der Waals surface area (Å²) in [7, 11) is 0. The predicted octanol–water partition coefficient (Wildman–Crippen LogP) is 0.227. The van der Waals surface area contributed by atoms with E-state index in [9.17, 15) is 4.79 Å². The maximum absolute atomic E-state index is 11.6. The summed E-state index contributed by atoms with van der Waals surface area (Å²) in [6.45, 7) is 0. The number of nitrogen functional groups attached to an aromatic ring is 1. The molecule has 1 saturated heterocycles. The van der Waals surface area contributed by atoms with Gasteiger partial charge in [0.05, 0.1) is 0 Å². The topological polar surface area (TPSA) is 83.8 Å². The van der Waals surface area contributed by atoms with E-state index in [1.807, 2.05) is 11.8 Å². The standard InChI is InChI=1S/C8H12N4OS/c9-7-3-6(11-12-7)8(13)10-5-1-2-14-4-5/h3,5H,1-2,4H2,(H,10,13)(H3,9,11,12). The Balaban J connectivity index is 1.95. The van der Waals surface area contributed by atoms with E-state index in [2.05, 4.69) is 15.5 Å². The lowest BCUT2D eigenvalue weighted by Crippen LogP contribution is -2.34. The fourth-order valence-corrected chi connectivity index (χ4v) is 2.52. The first-order valence-electron chi connectivity index (χ1n) is 4.45. The van der Waals surface area contributed by atoms with Crippen LogP contribution in [0.4, 0.5) is 5.82 Å². The number of hydrogen-bond donors (Lipinski definition) is 3. The third-order valence-electron chi connectivity index (χ3n) is 2.11. The van der Waals surface area contributed by atoms with Crippen molar-refractivity contribution in [3.63, 3.8) is 0 Å². The summed E-state index contributed by atoms with van der Waals surface area (Å²) < 4.78 is 0. The highest BCUT2D eigenvalue weighted by molar-refractivity contribution is 7.99. The zero-order valence-corrected chi connectivity index (χ0v) is 8.43. The molecule has 5 nitrogen and oxygen atoms in total. The molecule has 0 aliphatic carbocycles. The Morgan fingerprint density at radius 3 is 3.21 bits per heavy atom. The number of carbonyl (C=O) groups is 1. The average Bonchev–Trinajstić information content (AvgIpc) is 2.75. The van der Waals surface area contributed by atoms with E-state index in [4.69, 9.17) is 5.73 Å². The molecule has 0 saturated carbocycles. The van der Waals surface area contributed by atoms with E-state index >= 15 is 0 Å². The second-order valence-electron chi connectivity index (χ2n) is 3.24. The van der Waals surface area contributed by atoms with Crippen molar-refractivity contribution in [3.05, 3.63) is 11.8 Å². The van der Waals surface area contributed by atoms with Gasteiger partial charge >= 0.3 is 0 Å². The molecular weight excluding hydrogens is 200 g/mol. The van der Waals surface area contributed by atoms with E-state index in [1.165, 1.54) is 6.07 Å². The largest absolute Gasteiger partial charge is 0.382 e. The van der Waals surface area contributed by atoms with Gasteiger partial charge in [-0.25, -0.2) is 0 Å². The van der Waals surface area contributed by atoms with E-state index in [0.29, 0.717) is 11.5 Å². The number of nitrogens with zero attached hydrogens (tertiary/aromatic N) is 1. The lowest BCUT2D eigenvalue weighted by atomic mass is 10.2. The number of thioether (sulfide) groups is 1. The molecular formula is C8H12N4OS. The smallest absolute Gasteiger partial charge is 0.269 e. The van der Waals surface area contributed by atoms with Crippen molar-refractivity contribution in [2.45, 2.75) is 12.5 Å². The highest BCUT2D eigenvalue weighted by Crippen LogP contribution is 2.17. The van der Waals surface area contributed by atoms with Crippen molar-refractivity contribution in [2.75, 3.05) is 17.2 Å². The van der Waals surface area contributed by atoms with Crippen LogP contribution in [0, 0.1) is 0 Å². The summed E-state index contributed by atoms with van der Waals surface area (Å²) in [5.74, 6) is 2.34. The molecule has 0 bridgehead atoms. The van der Waals surface area contributed by atoms with Gasteiger partial charge in [-0.1, -0.05) is 0 Å². The normalized spacial score (nSPS) is 21.0. The summed E-state index contributed by atoms with van der Waals surface area (Å²) in [5.41, 5.74) is 5.83. The van der Waals surface area contributed by atoms with E-state index in [-0.39, 0.29) is 11.9 Å². The second-order valence-corrected chi connectivity index (χ2v) is 4.39. The number of amides is 1. The molecule has 0 aromatic carbocycles. The molecule has 1 unspecified atom stereocenters. The fraction of sp³-hybridized carbons (Fsp3) is 0.500. The third-order valence-corrected chi connectivity index (χ3v) is 3.27. The molecule has 1 aromatic rings. The van der Waals surface area contributed by atoms with Crippen LogP contribution in [-0.4, -0.2) is 33.7 Å². The minimum absolute atomic E-state index is 0.123. The lowest BCUT2D eigenvalue weighted by Gasteiger charge is -2.09. The lowest BCUT2D eigenvalue weighted by molar-refractivity contribution is 0.0936. The zero-order chi connectivity index (χ0) is 9.97. The molecule has 1 aliphatic rings. The molecule has 6 heteroatoms. The van der Waals surface area contributed by atoms with E-state index in [1.54, 1.807) is 0 Å². The van der Waals surface area contributed by atoms with Crippen LogP contribution >= 0.6 is 11.8 Å². The Morgan fingerprint density at radius 2 is 2.64 bits per heavy atom. The molecule has 1 amide bonds. The van der Waals surface area contributed by atoms with Crippen LogP contribution in [0.25, 0.3) is 0 Å². The Kier molecular flexibility index (Phi) is 2.62. The number of carbonyl (C=O) groups excluding carboxylic acids is 1. The molecule has 2 heterocycles. The van der Waals surface area contributed by atoms with Crippen LogP contribution in [0.15, 0.2) is 6.07 Å². The van der Waals surface area contributed by atoms with Crippen LogP contribution in [0.2, 0.25) is 0 Å². The Bertz CT molecular complexity index is 332. The molecule has 1 aliphatic heterocycles. The number of nitrogens with two attached hydrogens (primary N) is 1. The Morgan fingerprint density at radius 1 is 1.79 bits per heavy atom. The summed E-state index contributed by atoms with van der Waals surface area (Å²) in [4.78, 5) is 11.6. The highest BCUT2D eigenvalue weighted by atomic mass is 32.2. The van der Waals surface area contributed by atoms with Gasteiger partial charge in [-0.15, -0.1) is 0 Å². The summed E-state index contributed by atoms with van der Waals surface area (Å²) in [6, 6.07) is 1.83. The fourth-order valence-electron chi connectivity index (χ4n) is 1.37. The first kappa shape index (κ1) is 9.39. The SMILES string of the molecule is Nc1cc(C(=O)NC2CCSC2)[nH]n1. The molecule has 1 fully saturated rings. The van der Waals surface area contributed by atoms with Crippen molar-refractivity contribution in [1.82, 2.24) is 15.5 Å². The van der Waals surface area contributed by atoms with Crippen LogP contribution in [0.1, 0.15) is 16.9 Å². The summed E-state index contributed by atoms with van der Waals surface area (Å²) in [5, 5.41) is 9.21. The van der Waals surface area contributed by atoms with Gasteiger partial charge < -0.3 is 11.1 Å². The molecule has 0 radical (unpaired) electrons. The quantitative estimate of drug-likeness (QED) is 0.655.